The Bertz CT molecular complexity index is 1040. The van der Waals surface area contributed by atoms with Crippen LogP contribution < -0.4 is 10.1 Å². The van der Waals surface area contributed by atoms with Crippen LogP contribution in [0.3, 0.4) is 0 Å². The van der Waals surface area contributed by atoms with Gasteiger partial charge in [0.15, 0.2) is 0 Å². The second-order valence-corrected chi connectivity index (χ2v) is 7.93. The van der Waals surface area contributed by atoms with Crippen molar-refractivity contribution in [1.82, 2.24) is 4.90 Å². The SMILES string of the molecule is CC1CCN(C(=S)Oc2cccc(C(=O)Nc3ccc4ccccc4c3)c2)CC1. The third-order valence-electron chi connectivity index (χ3n) is 5.35. The first-order valence-electron chi connectivity index (χ1n) is 9.95. The van der Waals surface area contributed by atoms with Crippen molar-refractivity contribution in [3.8, 4) is 5.75 Å². The van der Waals surface area contributed by atoms with Crippen molar-refractivity contribution in [3.63, 3.8) is 0 Å². The van der Waals surface area contributed by atoms with Gasteiger partial charge in [0.05, 0.1) is 0 Å². The molecule has 1 saturated heterocycles. The van der Waals surface area contributed by atoms with Crippen molar-refractivity contribution in [2.24, 2.45) is 5.92 Å². The van der Waals surface area contributed by atoms with Gasteiger partial charge in [-0.15, -0.1) is 0 Å². The zero-order valence-corrected chi connectivity index (χ0v) is 17.2. The number of carbonyl (C=O) groups is 1. The number of ether oxygens (including phenoxy) is 1. The summed E-state index contributed by atoms with van der Waals surface area (Å²) in [5.74, 6) is 1.14. The van der Waals surface area contributed by atoms with Gasteiger partial charge in [-0.2, -0.15) is 0 Å². The molecular weight excluding hydrogens is 380 g/mol. The molecule has 1 heterocycles. The number of hydrogen-bond acceptors (Lipinski definition) is 3. The topological polar surface area (TPSA) is 41.6 Å². The maximum atomic E-state index is 12.7. The smallest absolute Gasteiger partial charge is 0.264 e. The highest BCUT2D eigenvalue weighted by Gasteiger charge is 2.19. The van der Waals surface area contributed by atoms with E-state index in [0.717, 1.165) is 48.3 Å². The first-order chi connectivity index (χ1) is 14.1. The molecule has 0 saturated carbocycles. The van der Waals surface area contributed by atoms with Gasteiger partial charge in [0.25, 0.3) is 11.1 Å². The summed E-state index contributed by atoms with van der Waals surface area (Å²) in [6.07, 6.45) is 2.25. The maximum absolute atomic E-state index is 12.7. The zero-order valence-electron chi connectivity index (χ0n) is 16.4. The third-order valence-corrected chi connectivity index (χ3v) is 5.69. The van der Waals surface area contributed by atoms with E-state index >= 15 is 0 Å². The van der Waals surface area contributed by atoms with Crippen LogP contribution in [0.25, 0.3) is 10.8 Å². The van der Waals surface area contributed by atoms with Crippen molar-refractivity contribution in [1.29, 1.82) is 0 Å². The van der Waals surface area contributed by atoms with Crippen LogP contribution in [0.5, 0.6) is 5.75 Å². The van der Waals surface area contributed by atoms with Crippen LogP contribution in [0.2, 0.25) is 0 Å². The standard InChI is InChI=1S/C24H24N2O2S/c1-17-11-13-26(14-12-17)24(29)28-22-8-4-7-20(16-22)23(27)25-21-10-9-18-5-2-3-6-19(18)15-21/h2-10,15-17H,11-14H2,1H3,(H,25,27). The summed E-state index contributed by atoms with van der Waals surface area (Å²) in [5.41, 5.74) is 1.30. The van der Waals surface area contributed by atoms with Crippen LogP contribution >= 0.6 is 12.2 Å². The molecule has 148 valence electrons. The number of nitrogens with one attached hydrogen (secondary N) is 1. The van der Waals surface area contributed by atoms with Crippen LogP contribution in [-0.2, 0) is 0 Å². The minimum Gasteiger partial charge on any atom is -0.432 e. The lowest BCUT2D eigenvalue weighted by molar-refractivity contribution is 0.102. The molecule has 5 heteroatoms. The van der Waals surface area contributed by atoms with Gasteiger partial charge in [0.1, 0.15) is 5.75 Å². The Kier molecular flexibility index (Phi) is 5.76. The van der Waals surface area contributed by atoms with Crippen molar-refractivity contribution in [2.75, 3.05) is 18.4 Å². The molecule has 1 N–H and O–H groups in total. The van der Waals surface area contributed by atoms with E-state index in [2.05, 4.69) is 17.1 Å². The number of carbonyl (C=O) groups excluding carboxylic acids is 1. The Balaban J connectivity index is 1.43. The number of thiocarbonyl (C=S) groups is 1. The molecular formula is C24H24N2O2S. The molecule has 29 heavy (non-hydrogen) atoms. The van der Waals surface area contributed by atoms with E-state index in [-0.39, 0.29) is 5.91 Å². The summed E-state index contributed by atoms with van der Waals surface area (Å²) in [7, 11) is 0. The van der Waals surface area contributed by atoms with Crippen LogP contribution in [0, 0.1) is 5.92 Å². The summed E-state index contributed by atoms with van der Waals surface area (Å²) in [6.45, 7) is 4.10. The number of hydrogen-bond donors (Lipinski definition) is 1. The fourth-order valence-electron chi connectivity index (χ4n) is 3.53. The molecule has 0 unspecified atom stereocenters. The molecule has 1 aliphatic rings. The zero-order chi connectivity index (χ0) is 20.2. The summed E-state index contributed by atoms with van der Waals surface area (Å²) in [4.78, 5) is 14.8. The molecule has 1 aliphatic heterocycles. The number of likely N-dealkylation sites (tertiary alicyclic amines) is 1. The Morgan fingerprint density at radius 1 is 1.00 bits per heavy atom. The van der Waals surface area contributed by atoms with Crippen LogP contribution in [0.1, 0.15) is 30.1 Å². The van der Waals surface area contributed by atoms with Gasteiger partial charge >= 0.3 is 0 Å². The van der Waals surface area contributed by atoms with E-state index < -0.39 is 0 Å². The van der Waals surface area contributed by atoms with Crippen molar-refractivity contribution in [3.05, 3.63) is 72.3 Å². The third kappa shape index (κ3) is 4.74. The molecule has 0 aliphatic carbocycles. The average Bonchev–Trinajstić information content (AvgIpc) is 2.74. The highest BCUT2D eigenvalue weighted by atomic mass is 32.1. The van der Waals surface area contributed by atoms with Crippen molar-refractivity contribution >= 4 is 39.8 Å². The molecule has 3 aromatic carbocycles. The van der Waals surface area contributed by atoms with E-state index in [0.29, 0.717) is 16.5 Å². The van der Waals surface area contributed by atoms with Crippen molar-refractivity contribution < 1.29 is 9.53 Å². The Hall–Kier alpha value is -2.92. The summed E-state index contributed by atoms with van der Waals surface area (Å²) < 4.78 is 5.87. The van der Waals surface area contributed by atoms with E-state index in [1.165, 1.54) is 0 Å². The van der Waals surface area contributed by atoms with E-state index in [4.69, 9.17) is 17.0 Å². The number of benzene rings is 3. The van der Waals surface area contributed by atoms with Crippen LogP contribution in [0.4, 0.5) is 5.69 Å². The van der Waals surface area contributed by atoms with Crippen LogP contribution in [0.15, 0.2) is 66.7 Å². The fourth-order valence-corrected chi connectivity index (χ4v) is 3.81. The highest BCUT2D eigenvalue weighted by molar-refractivity contribution is 7.80. The highest BCUT2D eigenvalue weighted by Crippen LogP contribution is 2.22. The number of piperidine rings is 1. The Morgan fingerprint density at radius 3 is 2.55 bits per heavy atom. The van der Waals surface area contributed by atoms with Gasteiger partial charge in [-0.25, -0.2) is 0 Å². The molecule has 4 nitrogen and oxygen atoms in total. The number of fused-ring (bicyclic) bond motifs is 1. The van der Waals surface area contributed by atoms with Gasteiger partial charge in [-0.05, 0) is 72.1 Å². The number of anilines is 1. The lowest BCUT2D eigenvalue weighted by Crippen LogP contribution is -2.39. The summed E-state index contributed by atoms with van der Waals surface area (Å²) >= 11 is 5.46. The predicted octanol–water partition coefficient (Wildman–Crippen LogP) is 5.49. The lowest BCUT2D eigenvalue weighted by atomic mass is 10.00. The minimum absolute atomic E-state index is 0.177. The van der Waals surface area contributed by atoms with Gasteiger partial charge in [-0.3, -0.25) is 4.79 Å². The number of amides is 1. The number of rotatable bonds is 3. The first-order valence-corrected chi connectivity index (χ1v) is 10.4. The second kappa shape index (κ2) is 8.62. The molecule has 0 spiro atoms. The van der Waals surface area contributed by atoms with Gasteiger partial charge in [-0.1, -0.05) is 43.3 Å². The maximum Gasteiger partial charge on any atom is 0.264 e. The normalized spacial score (nSPS) is 14.6. The molecule has 1 amide bonds. The van der Waals surface area contributed by atoms with Gasteiger partial charge in [0, 0.05) is 24.3 Å². The fraction of sp³-hybridized carbons (Fsp3) is 0.250. The molecule has 0 bridgehead atoms. The van der Waals surface area contributed by atoms with Crippen LogP contribution in [-0.4, -0.2) is 29.1 Å². The Labute approximate surface area is 176 Å². The second-order valence-electron chi connectivity index (χ2n) is 7.58. The van der Waals surface area contributed by atoms with E-state index in [9.17, 15) is 4.79 Å². The first kappa shape index (κ1) is 19.4. The van der Waals surface area contributed by atoms with Crippen molar-refractivity contribution in [2.45, 2.75) is 19.8 Å². The van der Waals surface area contributed by atoms with Gasteiger partial charge < -0.3 is 15.0 Å². The summed E-state index contributed by atoms with van der Waals surface area (Å²) in [6, 6.07) is 21.1. The minimum atomic E-state index is -0.177. The summed E-state index contributed by atoms with van der Waals surface area (Å²) in [5, 5.41) is 5.66. The molecule has 1 fully saturated rings. The lowest BCUT2D eigenvalue weighted by Gasteiger charge is -2.31. The molecule has 0 atom stereocenters. The monoisotopic (exact) mass is 404 g/mol. The predicted molar refractivity (Wildman–Crippen MR) is 122 cm³/mol. The molecule has 3 aromatic rings. The molecule has 0 radical (unpaired) electrons. The average molecular weight is 405 g/mol. The molecule has 0 aromatic heterocycles. The number of nitrogens with zero attached hydrogens (tertiary/aromatic N) is 1. The quantitative estimate of drug-likeness (QED) is 0.586. The van der Waals surface area contributed by atoms with Gasteiger partial charge in [0.2, 0.25) is 0 Å². The van der Waals surface area contributed by atoms with E-state index in [1.54, 1.807) is 12.1 Å². The largest absolute Gasteiger partial charge is 0.432 e. The molecule has 4 rings (SSSR count). The van der Waals surface area contributed by atoms with E-state index in [1.807, 2.05) is 54.6 Å². The Morgan fingerprint density at radius 2 is 1.76 bits per heavy atom.